The largest absolute Gasteiger partial charge is 0.355 e. The zero-order valence-electron chi connectivity index (χ0n) is 15.5. The third-order valence-electron chi connectivity index (χ3n) is 4.66. The van der Waals surface area contributed by atoms with Crippen LogP contribution in [0.4, 0.5) is 5.82 Å². The number of likely N-dealkylation sites (tertiary alicyclic amines) is 1. The molecule has 0 radical (unpaired) electrons. The quantitative estimate of drug-likeness (QED) is 0.827. The second-order valence-electron chi connectivity index (χ2n) is 6.68. The van der Waals surface area contributed by atoms with E-state index in [1.807, 2.05) is 13.0 Å². The van der Waals surface area contributed by atoms with E-state index >= 15 is 0 Å². The van der Waals surface area contributed by atoms with Gasteiger partial charge in [0.05, 0.1) is 6.04 Å². The summed E-state index contributed by atoms with van der Waals surface area (Å²) in [6.07, 6.45) is 5.08. The van der Waals surface area contributed by atoms with E-state index in [0.717, 1.165) is 44.1 Å². The SMILES string of the molecule is CCN(CCNC(=O)C1CCCCN1C(C)C)c1ccnc(C)n1. The molecule has 0 aliphatic carbocycles. The van der Waals surface area contributed by atoms with Crippen molar-refractivity contribution in [2.45, 2.75) is 59.0 Å². The van der Waals surface area contributed by atoms with Crippen LogP contribution >= 0.6 is 0 Å². The van der Waals surface area contributed by atoms with Crippen molar-refractivity contribution in [3.8, 4) is 0 Å². The zero-order valence-corrected chi connectivity index (χ0v) is 15.5. The number of amides is 1. The maximum Gasteiger partial charge on any atom is 0.237 e. The molecule has 2 heterocycles. The summed E-state index contributed by atoms with van der Waals surface area (Å²) in [4.78, 5) is 25.7. The lowest BCUT2D eigenvalue weighted by atomic mass is 10.00. The minimum Gasteiger partial charge on any atom is -0.355 e. The Labute approximate surface area is 145 Å². The number of anilines is 1. The Morgan fingerprint density at radius 2 is 2.25 bits per heavy atom. The fourth-order valence-electron chi connectivity index (χ4n) is 3.34. The number of nitrogens with zero attached hydrogens (tertiary/aromatic N) is 4. The zero-order chi connectivity index (χ0) is 17.5. The van der Waals surface area contributed by atoms with Gasteiger partial charge in [0.2, 0.25) is 5.91 Å². The Morgan fingerprint density at radius 1 is 1.46 bits per heavy atom. The van der Waals surface area contributed by atoms with Gasteiger partial charge in [0.15, 0.2) is 0 Å². The Balaban J connectivity index is 1.86. The van der Waals surface area contributed by atoms with Crippen LogP contribution in [0.5, 0.6) is 0 Å². The van der Waals surface area contributed by atoms with Gasteiger partial charge in [-0.25, -0.2) is 9.97 Å². The van der Waals surface area contributed by atoms with Crippen molar-refractivity contribution in [2.24, 2.45) is 0 Å². The van der Waals surface area contributed by atoms with E-state index in [0.29, 0.717) is 12.6 Å². The molecule has 1 aromatic heterocycles. The standard InChI is InChI=1S/C18H31N5O/c1-5-22(17-9-10-19-15(4)21-17)13-11-20-18(24)16-8-6-7-12-23(16)14(2)3/h9-10,14,16H,5-8,11-13H2,1-4H3,(H,20,24). The van der Waals surface area contributed by atoms with E-state index in [2.05, 4.69) is 45.9 Å². The molecule has 1 amide bonds. The number of hydrogen-bond acceptors (Lipinski definition) is 5. The molecule has 0 saturated carbocycles. The Hall–Kier alpha value is -1.69. The topological polar surface area (TPSA) is 61.4 Å². The molecule has 1 saturated heterocycles. The van der Waals surface area contributed by atoms with Gasteiger partial charge in [0, 0.05) is 31.9 Å². The molecular formula is C18H31N5O. The molecule has 24 heavy (non-hydrogen) atoms. The maximum atomic E-state index is 12.6. The Morgan fingerprint density at radius 3 is 2.92 bits per heavy atom. The van der Waals surface area contributed by atoms with Gasteiger partial charge in [0.25, 0.3) is 0 Å². The van der Waals surface area contributed by atoms with Gasteiger partial charge in [-0.05, 0) is 53.1 Å². The van der Waals surface area contributed by atoms with Crippen LogP contribution in [-0.2, 0) is 4.79 Å². The molecule has 6 heteroatoms. The predicted molar refractivity (Wildman–Crippen MR) is 97.1 cm³/mol. The van der Waals surface area contributed by atoms with Crippen molar-refractivity contribution >= 4 is 11.7 Å². The smallest absolute Gasteiger partial charge is 0.237 e. The molecule has 1 aliphatic rings. The number of piperidine rings is 1. The highest BCUT2D eigenvalue weighted by Crippen LogP contribution is 2.19. The minimum absolute atomic E-state index is 0.0233. The van der Waals surface area contributed by atoms with Gasteiger partial charge in [-0.1, -0.05) is 6.42 Å². The molecule has 2 rings (SSSR count). The summed E-state index contributed by atoms with van der Waals surface area (Å²) < 4.78 is 0. The van der Waals surface area contributed by atoms with E-state index in [9.17, 15) is 4.79 Å². The Bertz CT molecular complexity index is 534. The van der Waals surface area contributed by atoms with E-state index in [-0.39, 0.29) is 11.9 Å². The maximum absolute atomic E-state index is 12.6. The van der Waals surface area contributed by atoms with Gasteiger partial charge in [0.1, 0.15) is 11.6 Å². The summed E-state index contributed by atoms with van der Waals surface area (Å²) in [5.74, 6) is 1.85. The molecular weight excluding hydrogens is 302 g/mol. The van der Waals surface area contributed by atoms with Gasteiger partial charge in [-0.3, -0.25) is 9.69 Å². The molecule has 1 N–H and O–H groups in total. The number of carbonyl (C=O) groups is 1. The lowest BCUT2D eigenvalue weighted by Crippen LogP contribution is -2.52. The first-order valence-corrected chi connectivity index (χ1v) is 9.11. The average Bonchev–Trinajstić information content (AvgIpc) is 2.58. The van der Waals surface area contributed by atoms with Crippen LogP contribution in [0.3, 0.4) is 0 Å². The molecule has 1 fully saturated rings. The summed E-state index contributed by atoms with van der Waals surface area (Å²) in [7, 11) is 0. The van der Waals surface area contributed by atoms with E-state index in [1.54, 1.807) is 6.20 Å². The predicted octanol–water partition coefficient (Wildman–Crippen LogP) is 1.99. The van der Waals surface area contributed by atoms with Crippen LogP contribution in [0, 0.1) is 6.92 Å². The first-order chi connectivity index (χ1) is 11.5. The number of aromatic nitrogens is 2. The molecule has 1 aromatic rings. The highest BCUT2D eigenvalue weighted by Gasteiger charge is 2.29. The molecule has 1 unspecified atom stereocenters. The lowest BCUT2D eigenvalue weighted by molar-refractivity contribution is -0.128. The number of aryl methyl sites for hydroxylation is 1. The molecule has 0 bridgehead atoms. The first-order valence-electron chi connectivity index (χ1n) is 9.11. The molecule has 0 spiro atoms. The van der Waals surface area contributed by atoms with Crippen molar-refractivity contribution in [1.29, 1.82) is 0 Å². The van der Waals surface area contributed by atoms with Crippen LogP contribution in [0.1, 0.15) is 45.9 Å². The fourth-order valence-corrected chi connectivity index (χ4v) is 3.34. The van der Waals surface area contributed by atoms with Crippen LogP contribution in [0.25, 0.3) is 0 Å². The number of carbonyl (C=O) groups excluding carboxylic acids is 1. The van der Waals surface area contributed by atoms with Crippen LogP contribution in [-0.4, -0.2) is 59.0 Å². The fraction of sp³-hybridized carbons (Fsp3) is 0.722. The minimum atomic E-state index is 0.0233. The van der Waals surface area contributed by atoms with Crippen LogP contribution in [0.15, 0.2) is 12.3 Å². The summed E-state index contributed by atoms with van der Waals surface area (Å²) >= 11 is 0. The summed E-state index contributed by atoms with van der Waals surface area (Å²) in [5.41, 5.74) is 0. The highest BCUT2D eigenvalue weighted by atomic mass is 16.2. The van der Waals surface area contributed by atoms with Gasteiger partial charge < -0.3 is 10.2 Å². The summed E-state index contributed by atoms with van der Waals surface area (Å²) in [5, 5.41) is 3.12. The second-order valence-corrected chi connectivity index (χ2v) is 6.68. The molecule has 134 valence electrons. The summed E-state index contributed by atoms with van der Waals surface area (Å²) in [6, 6.07) is 2.35. The monoisotopic (exact) mass is 333 g/mol. The van der Waals surface area contributed by atoms with Crippen molar-refractivity contribution in [3.05, 3.63) is 18.1 Å². The van der Waals surface area contributed by atoms with E-state index in [4.69, 9.17) is 0 Å². The number of likely N-dealkylation sites (N-methyl/N-ethyl adjacent to an activating group) is 1. The third-order valence-corrected chi connectivity index (χ3v) is 4.66. The number of rotatable bonds is 7. The van der Waals surface area contributed by atoms with Gasteiger partial charge in [-0.15, -0.1) is 0 Å². The molecule has 0 aromatic carbocycles. The molecule has 6 nitrogen and oxygen atoms in total. The normalized spacial score (nSPS) is 18.6. The highest BCUT2D eigenvalue weighted by molar-refractivity contribution is 5.81. The van der Waals surface area contributed by atoms with Gasteiger partial charge in [-0.2, -0.15) is 0 Å². The third kappa shape index (κ3) is 4.90. The van der Waals surface area contributed by atoms with Gasteiger partial charge >= 0.3 is 0 Å². The van der Waals surface area contributed by atoms with Crippen molar-refractivity contribution in [3.63, 3.8) is 0 Å². The molecule has 1 atom stereocenters. The van der Waals surface area contributed by atoms with Crippen molar-refractivity contribution < 1.29 is 4.79 Å². The number of nitrogens with one attached hydrogen (secondary N) is 1. The van der Waals surface area contributed by atoms with Crippen molar-refractivity contribution in [1.82, 2.24) is 20.2 Å². The second kappa shape index (κ2) is 8.97. The van der Waals surface area contributed by atoms with E-state index < -0.39 is 0 Å². The van der Waals surface area contributed by atoms with Crippen LogP contribution in [0.2, 0.25) is 0 Å². The van der Waals surface area contributed by atoms with Crippen LogP contribution < -0.4 is 10.2 Å². The van der Waals surface area contributed by atoms with E-state index in [1.165, 1.54) is 6.42 Å². The summed E-state index contributed by atoms with van der Waals surface area (Å²) in [6.45, 7) is 11.6. The van der Waals surface area contributed by atoms with Crippen molar-refractivity contribution in [2.75, 3.05) is 31.1 Å². The lowest BCUT2D eigenvalue weighted by Gasteiger charge is -2.37. The Kier molecular flexibility index (Phi) is 6.97. The number of hydrogen-bond donors (Lipinski definition) is 1. The molecule has 1 aliphatic heterocycles. The first kappa shape index (κ1) is 18.6. The average molecular weight is 333 g/mol.